The summed E-state index contributed by atoms with van der Waals surface area (Å²) in [4.78, 5) is 4.39. The fourth-order valence-electron chi connectivity index (χ4n) is 3.73. The van der Waals surface area contributed by atoms with E-state index in [1.54, 1.807) is 30.5 Å². The van der Waals surface area contributed by atoms with Gasteiger partial charge in [0, 0.05) is 17.1 Å². The van der Waals surface area contributed by atoms with Crippen LogP contribution >= 0.6 is 0 Å². The second-order valence-electron chi connectivity index (χ2n) is 7.59. The van der Waals surface area contributed by atoms with Crippen LogP contribution in [-0.4, -0.2) is 19.1 Å². The molecule has 1 heterocycles. The van der Waals surface area contributed by atoms with Crippen LogP contribution in [0, 0.1) is 0 Å². The molecule has 0 saturated carbocycles. The van der Waals surface area contributed by atoms with Gasteiger partial charge in [0.05, 0.1) is 11.2 Å². The topological polar surface area (TPSA) is 59.4 Å². The Morgan fingerprint density at radius 3 is 2.30 bits per heavy atom. The number of allylic oxidation sites excluding steroid dienone is 1. The maximum absolute atomic E-state index is 13.4. The van der Waals surface area contributed by atoms with Crippen molar-refractivity contribution in [3.8, 4) is 0 Å². The third-order valence-electron chi connectivity index (χ3n) is 5.37. The van der Waals surface area contributed by atoms with Crippen LogP contribution < -0.4 is 0 Å². The lowest BCUT2D eigenvalue weighted by Crippen LogP contribution is -2.05. The van der Waals surface area contributed by atoms with Gasteiger partial charge < -0.3 is 0 Å². The molecule has 0 aliphatic rings. The van der Waals surface area contributed by atoms with E-state index in [4.69, 9.17) is 0 Å². The molecule has 0 fully saturated rings. The van der Waals surface area contributed by atoms with E-state index >= 15 is 0 Å². The van der Waals surface area contributed by atoms with Gasteiger partial charge in [0.25, 0.3) is 10.0 Å². The van der Waals surface area contributed by atoms with Crippen LogP contribution in [0.4, 0.5) is 0 Å². The van der Waals surface area contributed by atoms with E-state index in [9.17, 15) is 8.42 Å². The van der Waals surface area contributed by atoms with Gasteiger partial charge in [-0.25, -0.2) is 0 Å². The molecule has 0 amide bonds. The highest BCUT2D eigenvalue weighted by Crippen LogP contribution is 2.24. The minimum absolute atomic E-state index is 0.0898. The first kappa shape index (κ1) is 20.8. The van der Waals surface area contributed by atoms with Crippen molar-refractivity contribution in [2.45, 2.75) is 4.90 Å². The first-order valence-corrected chi connectivity index (χ1v) is 12.0. The maximum Gasteiger partial charge on any atom is 0.285 e. The number of pyridine rings is 1. The predicted molar refractivity (Wildman–Crippen MR) is 135 cm³/mol. The highest BCUT2D eigenvalue weighted by atomic mass is 32.2. The van der Waals surface area contributed by atoms with Crippen LogP contribution in [0.1, 0.15) is 11.1 Å². The fraction of sp³-hybridized carbons (Fsp3) is 0. The predicted octanol–water partition coefficient (Wildman–Crippen LogP) is 6.28. The SMILES string of the molecule is O=S(=O)(/N=C(/C=C/c1ccccc1)c1ccc2ccccc2c1)c1cccc2cccnc12. The van der Waals surface area contributed by atoms with Gasteiger partial charge in [-0.1, -0.05) is 91.0 Å². The minimum Gasteiger partial charge on any atom is -0.255 e. The maximum atomic E-state index is 13.4. The van der Waals surface area contributed by atoms with Crippen molar-refractivity contribution in [3.63, 3.8) is 0 Å². The van der Waals surface area contributed by atoms with Gasteiger partial charge >= 0.3 is 0 Å². The molecular formula is C28H20N2O2S. The molecule has 4 aromatic carbocycles. The van der Waals surface area contributed by atoms with Crippen molar-refractivity contribution in [2.24, 2.45) is 4.40 Å². The first-order valence-electron chi connectivity index (χ1n) is 10.5. The summed E-state index contributed by atoms with van der Waals surface area (Å²) >= 11 is 0. The van der Waals surface area contributed by atoms with Crippen LogP contribution in [0.2, 0.25) is 0 Å². The van der Waals surface area contributed by atoms with Crippen LogP contribution in [0.3, 0.4) is 0 Å². The Hall–Kier alpha value is -4.09. The molecule has 5 rings (SSSR count). The molecule has 0 radical (unpaired) electrons. The van der Waals surface area contributed by atoms with E-state index < -0.39 is 10.0 Å². The van der Waals surface area contributed by atoms with Crippen LogP contribution in [-0.2, 0) is 10.0 Å². The van der Waals surface area contributed by atoms with E-state index in [1.807, 2.05) is 91.0 Å². The van der Waals surface area contributed by atoms with Gasteiger partial charge in [0.15, 0.2) is 0 Å². The molecule has 5 heteroatoms. The molecule has 0 aliphatic carbocycles. The molecular weight excluding hydrogens is 428 g/mol. The Morgan fingerprint density at radius 1 is 0.727 bits per heavy atom. The Labute approximate surface area is 192 Å². The highest BCUT2D eigenvalue weighted by molar-refractivity contribution is 7.90. The number of fused-ring (bicyclic) bond motifs is 2. The molecule has 0 N–H and O–H groups in total. The van der Waals surface area contributed by atoms with Gasteiger partial charge in [-0.3, -0.25) is 4.98 Å². The molecule has 0 atom stereocenters. The van der Waals surface area contributed by atoms with Crippen molar-refractivity contribution in [3.05, 3.63) is 127 Å². The fourth-order valence-corrected chi connectivity index (χ4v) is 4.92. The Morgan fingerprint density at radius 2 is 1.45 bits per heavy atom. The molecule has 0 bridgehead atoms. The third-order valence-corrected chi connectivity index (χ3v) is 6.69. The smallest absolute Gasteiger partial charge is 0.255 e. The van der Waals surface area contributed by atoms with E-state index in [-0.39, 0.29) is 4.90 Å². The molecule has 160 valence electrons. The molecule has 5 aromatic rings. The Balaban J connectivity index is 1.67. The standard InChI is InChI=1S/C28H20N2O2S/c31-33(32,27-14-6-12-23-13-7-19-29-28(23)27)30-26(18-15-21-8-2-1-3-9-21)25-17-16-22-10-4-5-11-24(22)20-25/h1-20H/b18-15+,30-26-. The number of para-hydroxylation sites is 1. The largest absolute Gasteiger partial charge is 0.285 e. The Kier molecular flexibility index (Phi) is 5.55. The zero-order chi connectivity index (χ0) is 22.7. The molecule has 33 heavy (non-hydrogen) atoms. The average molecular weight is 449 g/mol. The molecule has 0 unspecified atom stereocenters. The summed E-state index contributed by atoms with van der Waals surface area (Å²) in [7, 11) is -4.02. The van der Waals surface area contributed by atoms with E-state index in [2.05, 4.69) is 9.38 Å². The third kappa shape index (κ3) is 4.45. The quantitative estimate of drug-likeness (QED) is 0.297. The van der Waals surface area contributed by atoms with E-state index in [0.717, 1.165) is 27.3 Å². The number of rotatable bonds is 5. The van der Waals surface area contributed by atoms with Crippen LogP contribution in [0.15, 0.2) is 125 Å². The van der Waals surface area contributed by atoms with Crippen molar-refractivity contribution in [1.29, 1.82) is 0 Å². The second kappa shape index (κ2) is 8.81. The minimum atomic E-state index is -4.02. The number of hydrogen-bond acceptors (Lipinski definition) is 3. The number of aromatic nitrogens is 1. The number of nitrogens with zero attached hydrogens (tertiary/aromatic N) is 2. The Bertz CT molecular complexity index is 1620. The van der Waals surface area contributed by atoms with E-state index in [0.29, 0.717) is 11.2 Å². The van der Waals surface area contributed by atoms with Gasteiger partial charge in [-0.2, -0.15) is 12.8 Å². The van der Waals surface area contributed by atoms with Gasteiger partial charge in [0.1, 0.15) is 4.90 Å². The second-order valence-corrected chi connectivity index (χ2v) is 9.16. The molecule has 4 nitrogen and oxygen atoms in total. The lowest BCUT2D eigenvalue weighted by atomic mass is 10.0. The summed E-state index contributed by atoms with van der Waals surface area (Å²) in [5, 5.41) is 2.84. The average Bonchev–Trinajstić information content (AvgIpc) is 2.86. The lowest BCUT2D eigenvalue weighted by molar-refractivity contribution is 0.599. The molecule has 0 aliphatic heterocycles. The number of benzene rings is 4. The number of sulfonamides is 1. The van der Waals surface area contributed by atoms with Crippen molar-refractivity contribution in [2.75, 3.05) is 0 Å². The lowest BCUT2D eigenvalue weighted by Gasteiger charge is -2.07. The van der Waals surface area contributed by atoms with E-state index in [1.165, 1.54) is 0 Å². The summed E-state index contributed by atoms with van der Waals surface area (Å²) in [5.41, 5.74) is 2.44. The summed E-state index contributed by atoms with van der Waals surface area (Å²) in [6, 6.07) is 32.2. The molecule has 1 aromatic heterocycles. The summed E-state index contributed by atoms with van der Waals surface area (Å²) < 4.78 is 31.2. The van der Waals surface area contributed by atoms with Crippen LogP contribution in [0.5, 0.6) is 0 Å². The normalized spacial score (nSPS) is 12.5. The highest BCUT2D eigenvalue weighted by Gasteiger charge is 2.18. The summed E-state index contributed by atoms with van der Waals surface area (Å²) in [5.74, 6) is 0. The van der Waals surface area contributed by atoms with Gasteiger partial charge in [-0.05, 0) is 40.6 Å². The molecule has 0 spiro atoms. The van der Waals surface area contributed by atoms with Crippen molar-refractivity contribution >= 4 is 43.5 Å². The first-order chi connectivity index (χ1) is 16.1. The van der Waals surface area contributed by atoms with Gasteiger partial charge in [-0.15, -0.1) is 0 Å². The zero-order valence-electron chi connectivity index (χ0n) is 17.7. The van der Waals surface area contributed by atoms with Crippen molar-refractivity contribution < 1.29 is 8.42 Å². The summed E-state index contributed by atoms with van der Waals surface area (Å²) in [6.07, 6.45) is 5.20. The zero-order valence-corrected chi connectivity index (χ0v) is 18.5. The number of hydrogen-bond donors (Lipinski definition) is 0. The molecule has 0 saturated heterocycles. The van der Waals surface area contributed by atoms with Crippen LogP contribution in [0.25, 0.3) is 27.8 Å². The monoisotopic (exact) mass is 448 g/mol. The summed E-state index contributed by atoms with van der Waals surface area (Å²) in [6.45, 7) is 0. The van der Waals surface area contributed by atoms with Gasteiger partial charge in [0.2, 0.25) is 0 Å². The van der Waals surface area contributed by atoms with Crippen molar-refractivity contribution in [1.82, 2.24) is 4.98 Å².